The summed E-state index contributed by atoms with van der Waals surface area (Å²) in [5.74, 6) is 0.566. The second-order valence-corrected chi connectivity index (χ2v) is 8.41. The third kappa shape index (κ3) is 2.88. The van der Waals surface area contributed by atoms with Crippen molar-refractivity contribution < 1.29 is 9.47 Å². The molecule has 0 radical (unpaired) electrons. The first-order chi connectivity index (χ1) is 13.0. The number of fused-ring (bicyclic) bond motifs is 1. The smallest absolute Gasteiger partial charge is 0.213 e. The molecule has 1 saturated heterocycles. The fourth-order valence-electron chi connectivity index (χ4n) is 4.81. The molecule has 0 unspecified atom stereocenters. The third-order valence-corrected chi connectivity index (χ3v) is 6.80. The van der Waals surface area contributed by atoms with Gasteiger partial charge < -0.3 is 9.47 Å². The van der Waals surface area contributed by atoms with Gasteiger partial charge in [0.2, 0.25) is 5.79 Å². The molecular weight excluding hydrogens is 338 g/mol. The van der Waals surface area contributed by atoms with Crippen LogP contribution in [-0.2, 0) is 18.4 Å². The Labute approximate surface area is 161 Å². The Morgan fingerprint density at radius 2 is 1.93 bits per heavy atom. The highest BCUT2D eigenvalue weighted by molar-refractivity contribution is 5.70. The molecule has 27 heavy (non-hydrogen) atoms. The van der Waals surface area contributed by atoms with Crippen molar-refractivity contribution in [2.24, 2.45) is 7.05 Å². The van der Waals surface area contributed by atoms with Crippen LogP contribution in [0.5, 0.6) is 5.75 Å². The van der Waals surface area contributed by atoms with Gasteiger partial charge in [-0.25, -0.2) is 0 Å². The molecule has 5 nitrogen and oxygen atoms in total. The fraction of sp³-hybridized carbons (Fsp3) is 0.591. The first-order valence-corrected chi connectivity index (χ1v) is 10.3. The Morgan fingerprint density at radius 3 is 2.56 bits per heavy atom. The number of rotatable bonds is 2. The average molecular weight is 367 g/mol. The number of nitrogens with zero attached hydrogens (tertiary/aromatic N) is 3. The van der Waals surface area contributed by atoms with Gasteiger partial charge in [-0.05, 0) is 44.4 Å². The van der Waals surface area contributed by atoms with Gasteiger partial charge in [-0.1, -0.05) is 12.5 Å². The highest BCUT2D eigenvalue weighted by Crippen LogP contribution is 2.41. The van der Waals surface area contributed by atoms with Gasteiger partial charge in [0, 0.05) is 55.8 Å². The monoisotopic (exact) mass is 367 g/mol. The van der Waals surface area contributed by atoms with E-state index in [0.29, 0.717) is 6.61 Å². The summed E-state index contributed by atoms with van der Waals surface area (Å²) in [7, 11) is 2.00. The molecule has 1 aliphatic carbocycles. The molecule has 0 atom stereocenters. The van der Waals surface area contributed by atoms with E-state index < -0.39 is 5.79 Å². The molecule has 144 valence electrons. The van der Waals surface area contributed by atoms with Crippen molar-refractivity contribution in [3.8, 4) is 16.9 Å². The predicted molar refractivity (Wildman–Crippen MR) is 105 cm³/mol. The molecule has 0 bridgehead atoms. The van der Waals surface area contributed by atoms with E-state index in [1.54, 1.807) is 0 Å². The summed E-state index contributed by atoms with van der Waals surface area (Å²) >= 11 is 0. The van der Waals surface area contributed by atoms with E-state index in [4.69, 9.17) is 9.47 Å². The predicted octanol–water partition coefficient (Wildman–Crippen LogP) is 3.96. The molecular formula is C22H29N3O2. The van der Waals surface area contributed by atoms with Crippen molar-refractivity contribution >= 4 is 0 Å². The summed E-state index contributed by atoms with van der Waals surface area (Å²) in [6.07, 6.45) is 6.06. The van der Waals surface area contributed by atoms with E-state index in [0.717, 1.165) is 49.0 Å². The lowest BCUT2D eigenvalue weighted by Crippen LogP contribution is -2.54. The minimum absolute atomic E-state index is 0.422. The average Bonchev–Trinajstić information content (AvgIpc) is 2.87. The molecule has 5 heteroatoms. The van der Waals surface area contributed by atoms with E-state index in [2.05, 4.69) is 42.0 Å². The minimum Gasteiger partial charge on any atom is -0.462 e. The number of likely N-dealkylation sites (tertiary alicyclic amines) is 1. The van der Waals surface area contributed by atoms with Crippen LogP contribution in [0, 0.1) is 13.8 Å². The molecule has 2 aromatic rings. The number of aromatic nitrogens is 2. The standard InChI is InChI=1S/C22H29N3O2/c1-15-21(16(2)24(3)23-15)17-7-8-20-18(13-17)14-26-22(27-20)9-11-25(12-10-22)19-5-4-6-19/h7-8,13,19H,4-6,9-12,14H2,1-3H3. The molecule has 0 N–H and O–H groups in total. The van der Waals surface area contributed by atoms with Crippen LogP contribution in [0.15, 0.2) is 18.2 Å². The van der Waals surface area contributed by atoms with E-state index in [1.165, 1.54) is 36.1 Å². The third-order valence-electron chi connectivity index (χ3n) is 6.80. The summed E-state index contributed by atoms with van der Waals surface area (Å²) in [6, 6.07) is 7.31. The van der Waals surface area contributed by atoms with E-state index in [9.17, 15) is 0 Å². The summed E-state index contributed by atoms with van der Waals surface area (Å²) in [5.41, 5.74) is 5.80. The summed E-state index contributed by atoms with van der Waals surface area (Å²) < 4.78 is 14.7. The second-order valence-electron chi connectivity index (χ2n) is 8.41. The van der Waals surface area contributed by atoms with Crippen molar-refractivity contribution in [3.63, 3.8) is 0 Å². The molecule has 1 saturated carbocycles. The van der Waals surface area contributed by atoms with Crippen LogP contribution in [0.3, 0.4) is 0 Å². The number of benzene rings is 1. The molecule has 1 aromatic heterocycles. The van der Waals surface area contributed by atoms with Crippen LogP contribution >= 0.6 is 0 Å². The molecule has 1 aromatic carbocycles. The van der Waals surface area contributed by atoms with Crippen LogP contribution in [0.1, 0.15) is 49.1 Å². The SMILES string of the molecule is Cc1nn(C)c(C)c1-c1ccc2c(c1)COC1(CCN(C3CCC3)CC1)O2. The summed E-state index contributed by atoms with van der Waals surface area (Å²) in [5, 5.41) is 4.55. The lowest BCUT2D eigenvalue weighted by molar-refractivity contribution is -0.231. The lowest BCUT2D eigenvalue weighted by Gasteiger charge is -2.47. The number of piperidine rings is 1. The van der Waals surface area contributed by atoms with Crippen molar-refractivity contribution in [1.82, 2.24) is 14.7 Å². The Hall–Kier alpha value is -1.85. The zero-order chi connectivity index (χ0) is 18.6. The van der Waals surface area contributed by atoms with Gasteiger partial charge in [-0.3, -0.25) is 9.58 Å². The molecule has 3 heterocycles. The zero-order valence-electron chi connectivity index (χ0n) is 16.6. The maximum absolute atomic E-state index is 6.43. The molecule has 2 aliphatic heterocycles. The maximum Gasteiger partial charge on any atom is 0.213 e. The highest BCUT2D eigenvalue weighted by atomic mass is 16.7. The van der Waals surface area contributed by atoms with Crippen molar-refractivity contribution in [2.75, 3.05) is 13.1 Å². The quantitative estimate of drug-likeness (QED) is 0.806. The van der Waals surface area contributed by atoms with Gasteiger partial charge in [0.15, 0.2) is 0 Å². The van der Waals surface area contributed by atoms with Gasteiger partial charge in [0.25, 0.3) is 0 Å². The van der Waals surface area contributed by atoms with Crippen LogP contribution in [0.25, 0.3) is 11.1 Å². The molecule has 3 aliphatic rings. The van der Waals surface area contributed by atoms with Crippen LogP contribution < -0.4 is 4.74 Å². The number of aryl methyl sites for hydroxylation is 2. The Morgan fingerprint density at radius 1 is 1.15 bits per heavy atom. The first-order valence-electron chi connectivity index (χ1n) is 10.3. The number of ether oxygens (including phenoxy) is 2. The first kappa shape index (κ1) is 17.3. The van der Waals surface area contributed by atoms with Crippen LogP contribution in [-0.4, -0.2) is 39.6 Å². The normalized spacial score (nSPS) is 22.3. The van der Waals surface area contributed by atoms with Crippen molar-refractivity contribution in [3.05, 3.63) is 35.2 Å². The molecule has 2 fully saturated rings. The Bertz CT molecular complexity index is 861. The van der Waals surface area contributed by atoms with Gasteiger partial charge in [-0.15, -0.1) is 0 Å². The Balaban J connectivity index is 1.35. The largest absolute Gasteiger partial charge is 0.462 e. The molecule has 1 spiro atoms. The van der Waals surface area contributed by atoms with Gasteiger partial charge in [0.1, 0.15) is 5.75 Å². The van der Waals surface area contributed by atoms with E-state index >= 15 is 0 Å². The lowest BCUT2D eigenvalue weighted by atomic mass is 9.89. The fourth-order valence-corrected chi connectivity index (χ4v) is 4.81. The van der Waals surface area contributed by atoms with Gasteiger partial charge >= 0.3 is 0 Å². The zero-order valence-corrected chi connectivity index (χ0v) is 16.6. The van der Waals surface area contributed by atoms with Crippen molar-refractivity contribution in [1.29, 1.82) is 0 Å². The van der Waals surface area contributed by atoms with E-state index in [-0.39, 0.29) is 0 Å². The summed E-state index contributed by atoms with van der Waals surface area (Å²) in [6.45, 7) is 7.00. The van der Waals surface area contributed by atoms with Crippen LogP contribution in [0.2, 0.25) is 0 Å². The van der Waals surface area contributed by atoms with Gasteiger partial charge in [-0.2, -0.15) is 5.10 Å². The number of hydrogen-bond donors (Lipinski definition) is 0. The molecule has 0 amide bonds. The minimum atomic E-state index is -0.422. The second kappa shape index (κ2) is 6.35. The Kier molecular flexibility index (Phi) is 4.06. The van der Waals surface area contributed by atoms with Crippen LogP contribution in [0.4, 0.5) is 0 Å². The summed E-state index contributed by atoms with van der Waals surface area (Å²) in [4.78, 5) is 2.63. The number of hydrogen-bond acceptors (Lipinski definition) is 4. The maximum atomic E-state index is 6.43. The molecule has 5 rings (SSSR count). The highest BCUT2D eigenvalue weighted by Gasteiger charge is 2.42. The van der Waals surface area contributed by atoms with E-state index in [1.807, 2.05) is 11.7 Å². The topological polar surface area (TPSA) is 39.5 Å². The van der Waals surface area contributed by atoms with Gasteiger partial charge in [0.05, 0.1) is 12.3 Å². The van der Waals surface area contributed by atoms with Crippen molar-refractivity contribution in [2.45, 2.75) is 64.4 Å².